The van der Waals surface area contributed by atoms with Crippen molar-refractivity contribution in [3.05, 3.63) is 77.9 Å². The lowest BCUT2D eigenvalue weighted by Gasteiger charge is -2.28. The summed E-state index contributed by atoms with van der Waals surface area (Å²) in [4.78, 5) is 15.9. The molecule has 47 heavy (non-hydrogen) atoms. The van der Waals surface area contributed by atoms with Crippen molar-refractivity contribution >= 4 is 27.3 Å². The number of ether oxygens (including phenoxy) is 1. The molecule has 0 unspecified atom stereocenters. The van der Waals surface area contributed by atoms with Crippen LogP contribution >= 0.6 is 0 Å². The highest BCUT2D eigenvalue weighted by molar-refractivity contribution is 7.90. The largest absolute Gasteiger partial charge is 0.393 e. The molecule has 0 amide bonds. The van der Waals surface area contributed by atoms with E-state index in [2.05, 4.69) is 71.7 Å². The summed E-state index contributed by atoms with van der Waals surface area (Å²) in [6, 6.07) is 12.1. The quantitative estimate of drug-likeness (QED) is 0.227. The number of aromatic nitrogens is 5. The van der Waals surface area contributed by atoms with Gasteiger partial charge in [0.1, 0.15) is 11.6 Å². The smallest absolute Gasteiger partial charge is 0.256 e. The van der Waals surface area contributed by atoms with Crippen molar-refractivity contribution in [2.24, 2.45) is 0 Å². The van der Waals surface area contributed by atoms with Gasteiger partial charge in [-0.25, -0.2) is 23.4 Å². The van der Waals surface area contributed by atoms with Crippen LogP contribution in [0.3, 0.4) is 0 Å². The summed E-state index contributed by atoms with van der Waals surface area (Å²) in [6.07, 6.45) is 10.6. The van der Waals surface area contributed by atoms with E-state index >= 15 is 0 Å². The number of aliphatic hydroxyl groups excluding tert-OH is 1. The third kappa shape index (κ3) is 7.80. The molecule has 0 spiro atoms. The van der Waals surface area contributed by atoms with E-state index in [4.69, 9.17) is 4.74 Å². The predicted octanol–water partition coefficient (Wildman–Crippen LogP) is 3.77. The minimum absolute atomic E-state index is 0.114. The number of rotatable bonds is 9. The molecule has 2 aliphatic carbocycles. The minimum atomic E-state index is -3.48. The number of nitrogens with zero attached hydrogens (tertiary/aromatic N) is 6. The van der Waals surface area contributed by atoms with Crippen LogP contribution in [0, 0.1) is 11.8 Å². The molecule has 2 atom stereocenters. The number of benzene rings is 1. The molecule has 12 nitrogen and oxygen atoms in total. The summed E-state index contributed by atoms with van der Waals surface area (Å²) in [7, 11) is -3.48. The average molecular weight is 655 g/mol. The van der Waals surface area contributed by atoms with E-state index in [1.165, 1.54) is 18.0 Å². The Kier molecular flexibility index (Phi) is 9.17. The molecule has 3 aliphatic rings. The number of aliphatic hydroxyl groups is 1. The number of hydrogen-bond acceptors (Lipinski definition) is 11. The Morgan fingerprint density at radius 2 is 1.81 bits per heavy atom. The Balaban J connectivity index is 1.09. The molecule has 1 aromatic carbocycles. The first kappa shape index (κ1) is 31.3. The van der Waals surface area contributed by atoms with Gasteiger partial charge in [-0.3, -0.25) is 4.90 Å². The molecular formula is C34H38N8O4S. The fourth-order valence-corrected chi connectivity index (χ4v) is 7.36. The van der Waals surface area contributed by atoms with E-state index in [9.17, 15) is 13.5 Å². The summed E-state index contributed by atoms with van der Waals surface area (Å²) in [5.74, 6) is 7.99. The second-order valence-electron chi connectivity index (χ2n) is 12.3. The summed E-state index contributed by atoms with van der Waals surface area (Å²) in [5, 5.41) is 20.8. The van der Waals surface area contributed by atoms with Crippen molar-refractivity contribution in [2.45, 2.75) is 62.5 Å². The van der Waals surface area contributed by atoms with Crippen LogP contribution in [0.4, 0.5) is 17.3 Å². The van der Waals surface area contributed by atoms with Gasteiger partial charge < -0.3 is 20.5 Å². The highest BCUT2D eigenvalue weighted by atomic mass is 32.2. The van der Waals surface area contributed by atoms with Crippen molar-refractivity contribution in [1.29, 1.82) is 0 Å². The molecule has 13 heteroatoms. The molecule has 3 fully saturated rings. The average Bonchev–Trinajstić information content (AvgIpc) is 3.83. The monoisotopic (exact) mass is 654 g/mol. The lowest BCUT2D eigenvalue weighted by atomic mass is 9.92. The molecule has 0 radical (unpaired) electrons. The van der Waals surface area contributed by atoms with Crippen LogP contribution in [-0.2, 0) is 21.3 Å². The number of hydrogen-bond donors (Lipinski definition) is 3. The number of anilines is 3. The molecule has 7 rings (SSSR count). The molecule has 3 N–H and O–H groups in total. The maximum absolute atomic E-state index is 12.6. The first-order valence-electron chi connectivity index (χ1n) is 16.1. The maximum atomic E-state index is 12.6. The Morgan fingerprint density at radius 1 is 0.979 bits per heavy atom. The van der Waals surface area contributed by atoms with Crippen LogP contribution in [0.2, 0.25) is 0 Å². The molecule has 3 aromatic heterocycles. The zero-order chi connectivity index (χ0) is 32.2. The van der Waals surface area contributed by atoms with Crippen LogP contribution in [0.15, 0.2) is 61.2 Å². The second-order valence-corrected chi connectivity index (χ2v) is 14.4. The second kappa shape index (κ2) is 13.8. The van der Waals surface area contributed by atoms with Gasteiger partial charge in [0, 0.05) is 49.7 Å². The fourth-order valence-electron chi connectivity index (χ4n) is 5.88. The van der Waals surface area contributed by atoms with E-state index in [0.29, 0.717) is 42.3 Å². The van der Waals surface area contributed by atoms with Crippen molar-refractivity contribution < 1.29 is 18.3 Å². The van der Waals surface area contributed by atoms with Crippen molar-refractivity contribution in [1.82, 2.24) is 29.0 Å². The van der Waals surface area contributed by atoms with Gasteiger partial charge in [0.05, 0.1) is 53.8 Å². The number of pyridine rings is 1. The van der Waals surface area contributed by atoms with E-state index < -0.39 is 10.0 Å². The van der Waals surface area contributed by atoms with Crippen LogP contribution < -0.4 is 10.6 Å². The van der Waals surface area contributed by atoms with Crippen molar-refractivity contribution in [3.8, 4) is 23.2 Å². The molecule has 1 saturated heterocycles. The van der Waals surface area contributed by atoms with Crippen LogP contribution in [0.1, 0.15) is 55.2 Å². The van der Waals surface area contributed by atoms with Gasteiger partial charge in [-0.05, 0) is 62.3 Å². The zero-order valence-electron chi connectivity index (χ0n) is 26.0. The van der Waals surface area contributed by atoms with E-state index in [-0.39, 0.29) is 17.4 Å². The fraction of sp³-hybridized carbons (Fsp3) is 0.412. The highest BCUT2D eigenvalue weighted by Crippen LogP contribution is 2.31. The molecule has 0 bridgehead atoms. The van der Waals surface area contributed by atoms with Gasteiger partial charge in [-0.1, -0.05) is 24.0 Å². The van der Waals surface area contributed by atoms with Gasteiger partial charge in [0.25, 0.3) is 10.0 Å². The van der Waals surface area contributed by atoms with Gasteiger partial charge in [0.15, 0.2) is 5.82 Å². The summed E-state index contributed by atoms with van der Waals surface area (Å²) in [5.41, 5.74) is 4.24. The standard InChI is InChI=1S/C34H38N8O4S/c43-29-3-1-2-28(18-29)38-31-19-33(36-20-26(31)9-8-24-4-6-25(7-5-24)22-41-14-16-46-17-15-41)39-32-12-13-35-34(40-32)27-21-37-42(23-27)47(44,45)30-10-11-30/h4-7,12-13,19-21,23,28-30,43H,1-3,10-11,14-18,22H2,(H2,35,36,38,39,40)/t28-,29+/m1/s1. The third-order valence-electron chi connectivity index (χ3n) is 8.65. The zero-order valence-corrected chi connectivity index (χ0v) is 26.9. The Bertz CT molecular complexity index is 1880. The van der Waals surface area contributed by atoms with Gasteiger partial charge >= 0.3 is 0 Å². The van der Waals surface area contributed by atoms with Crippen molar-refractivity contribution in [2.75, 3.05) is 36.9 Å². The molecule has 244 valence electrons. The van der Waals surface area contributed by atoms with E-state index in [0.717, 1.165) is 73.0 Å². The predicted molar refractivity (Wildman–Crippen MR) is 179 cm³/mol. The normalized spacial score (nSPS) is 20.3. The summed E-state index contributed by atoms with van der Waals surface area (Å²) < 4.78 is 31.6. The van der Waals surface area contributed by atoms with E-state index in [1.807, 2.05) is 6.07 Å². The summed E-state index contributed by atoms with van der Waals surface area (Å²) >= 11 is 0. The topological polar surface area (TPSA) is 147 Å². The minimum Gasteiger partial charge on any atom is -0.393 e. The van der Waals surface area contributed by atoms with Crippen molar-refractivity contribution in [3.63, 3.8) is 0 Å². The van der Waals surface area contributed by atoms with Gasteiger partial charge in [0.2, 0.25) is 0 Å². The highest BCUT2D eigenvalue weighted by Gasteiger charge is 2.37. The Hall–Kier alpha value is -4.35. The molecule has 1 aliphatic heterocycles. The SMILES string of the molecule is O=S(=O)(C1CC1)n1cc(-c2nccc(Nc3cc(N[C@@H]4CCC[C@H](O)C4)c(C#Cc4ccc(CN5CCOCC5)cc4)cn3)n2)cn1. The van der Waals surface area contributed by atoms with Crippen LogP contribution in [0.5, 0.6) is 0 Å². The number of morpholine rings is 1. The number of nitrogens with one attached hydrogen (secondary N) is 2. The molecular weight excluding hydrogens is 616 g/mol. The summed E-state index contributed by atoms with van der Waals surface area (Å²) in [6.45, 7) is 4.36. The lowest BCUT2D eigenvalue weighted by molar-refractivity contribution is 0.0342. The third-order valence-corrected chi connectivity index (χ3v) is 10.7. The first-order chi connectivity index (χ1) is 22.9. The van der Waals surface area contributed by atoms with Crippen LogP contribution in [-0.4, -0.2) is 86.3 Å². The van der Waals surface area contributed by atoms with E-state index in [1.54, 1.807) is 18.5 Å². The van der Waals surface area contributed by atoms with Gasteiger partial charge in [-0.2, -0.15) is 9.19 Å². The molecule has 4 heterocycles. The molecule has 2 saturated carbocycles. The molecule has 4 aromatic rings. The lowest BCUT2D eigenvalue weighted by Crippen LogP contribution is -2.35. The Labute approximate surface area is 274 Å². The maximum Gasteiger partial charge on any atom is 0.256 e. The first-order valence-corrected chi connectivity index (χ1v) is 17.6. The van der Waals surface area contributed by atoms with Crippen LogP contribution in [0.25, 0.3) is 11.4 Å². The van der Waals surface area contributed by atoms with Gasteiger partial charge in [-0.15, -0.1) is 0 Å². The Morgan fingerprint density at radius 3 is 2.60 bits per heavy atom.